The molecule has 23 heavy (non-hydrogen) atoms. The van der Waals surface area contributed by atoms with Crippen LogP contribution in [0.2, 0.25) is 0 Å². The molecule has 6 heteroatoms. The first-order valence-electron chi connectivity index (χ1n) is 7.90. The van der Waals surface area contributed by atoms with Crippen LogP contribution in [0.1, 0.15) is 23.9 Å². The minimum Gasteiger partial charge on any atom is -0.293 e. The van der Waals surface area contributed by atoms with Gasteiger partial charge in [-0.3, -0.25) is 19.2 Å². The maximum atomic E-state index is 12.2. The molecule has 0 radical (unpaired) electrons. The predicted molar refractivity (Wildman–Crippen MR) is 87.0 cm³/mol. The van der Waals surface area contributed by atoms with E-state index in [0.717, 1.165) is 25.2 Å². The van der Waals surface area contributed by atoms with E-state index in [1.807, 2.05) is 24.4 Å². The van der Waals surface area contributed by atoms with Crippen molar-refractivity contribution in [2.45, 2.75) is 26.4 Å². The summed E-state index contributed by atoms with van der Waals surface area (Å²) in [5.41, 5.74) is 3.96. The van der Waals surface area contributed by atoms with E-state index in [-0.39, 0.29) is 5.56 Å². The van der Waals surface area contributed by atoms with Gasteiger partial charge in [-0.2, -0.15) is 5.10 Å². The van der Waals surface area contributed by atoms with Crippen LogP contribution in [0.3, 0.4) is 0 Å². The van der Waals surface area contributed by atoms with E-state index >= 15 is 0 Å². The van der Waals surface area contributed by atoms with Crippen molar-refractivity contribution < 1.29 is 0 Å². The van der Waals surface area contributed by atoms with E-state index in [2.05, 4.69) is 27.0 Å². The highest BCUT2D eigenvalue weighted by molar-refractivity contribution is 5.38. The second-order valence-corrected chi connectivity index (χ2v) is 6.37. The average molecular weight is 309 g/mol. The lowest BCUT2D eigenvalue weighted by atomic mass is 10.1. The van der Waals surface area contributed by atoms with Gasteiger partial charge in [0.2, 0.25) is 0 Å². The second-order valence-electron chi connectivity index (χ2n) is 6.37. The third-order valence-corrected chi connectivity index (χ3v) is 4.33. The highest BCUT2D eigenvalue weighted by Gasteiger charge is 2.21. The monoisotopic (exact) mass is 309 g/mol. The van der Waals surface area contributed by atoms with Crippen LogP contribution in [0.5, 0.6) is 0 Å². The summed E-state index contributed by atoms with van der Waals surface area (Å²) < 4.78 is 1.57. The molecule has 1 unspecified atom stereocenters. The average Bonchev–Trinajstić information content (AvgIpc) is 2.88. The highest BCUT2D eigenvalue weighted by Crippen LogP contribution is 2.20. The molecule has 0 amide bonds. The molecule has 0 saturated heterocycles. The number of fused-ring (bicyclic) bond motifs is 2. The van der Waals surface area contributed by atoms with E-state index in [0.29, 0.717) is 18.1 Å². The number of hydrogen-bond acceptors (Lipinski definition) is 4. The maximum absolute atomic E-state index is 12.2. The third kappa shape index (κ3) is 2.77. The van der Waals surface area contributed by atoms with E-state index < -0.39 is 0 Å². The van der Waals surface area contributed by atoms with Crippen molar-refractivity contribution in [2.75, 3.05) is 6.54 Å². The summed E-state index contributed by atoms with van der Waals surface area (Å²) in [5.74, 6) is 0.540. The van der Waals surface area contributed by atoms with Gasteiger partial charge in [-0.05, 0) is 24.5 Å². The largest absolute Gasteiger partial charge is 0.293 e. The molecule has 0 saturated carbocycles. The third-order valence-electron chi connectivity index (χ3n) is 4.33. The fraction of sp³-hybridized carbons (Fsp3) is 0.353. The Bertz CT molecular complexity index is 897. The zero-order chi connectivity index (χ0) is 15.8. The van der Waals surface area contributed by atoms with E-state index in [9.17, 15) is 4.79 Å². The first-order chi connectivity index (χ1) is 11.2. The van der Waals surface area contributed by atoms with Crippen molar-refractivity contribution in [1.29, 1.82) is 0 Å². The standard InChI is InChI=1S/C17H19N5O/c1-12-6-15-13(8-18-20-15)10-21(9-12)11-14-7-17(23)22-5-3-2-4-16(22)19-14/h2-5,7-8,12H,6,9-11H2,1H3,(H,18,20). The van der Waals surface area contributed by atoms with Gasteiger partial charge in [0.25, 0.3) is 5.56 Å². The molecule has 3 aromatic heterocycles. The van der Waals surface area contributed by atoms with Crippen LogP contribution in [0.25, 0.3) is 5.65 Å². The predicted octanol–water partition coefficient (Wildman–Crippen LogP) is 1.61. The molecule has 0 spiro atoms. The van der Waals surface area contributed by atoms with Crippen LogP contribution in [0.15, 0.2) is 41.5 Å². The lowest BCUT2D eigenvalue weighted by molar-refractivity contribution is 0.227. The number of aromatic nitrogens is 4. The number of H-pyrrole nitrogens is 1. The van der Waals surface area contributed by atoms with Gasteiger partial charge in [-0.25, -0.2) is 4.98 Å². The van der Waals surface area contributed by atoms with Gasteiger partial charge in [-0.15, -0.1) is 0 Å². The van der Waals surface area contributed by atoms with Gasteiger partial charge in [0, 0.05) is 43.2 Å². The Balaban J connectivity index is 1.64. The first kappa shape index (κ1) is 14.1. The van der Waals surface area contributed by atoms with Crippen LogP contribution in [0, 0.1) is 5.92 Å². The molecular weight excluding hydrogens is 290 g/mol. The minimum atomic E-state index is -0.0301. The normalized spacial score (nSPS) is 18.7. The molecule has 0 aromatic carbocycles. The summed E-state index contributed by atoms with van der Waals surface area (Å²) in [7, 11) is 0. The molecule has 0 fully saturated rings. The summed E-state index contributed by atoms with van der Waals surface area (Å²) in [6.07, 6.45) is 4.67. The fourth-order valence-electron chi connectivity index (χ4n) is 3.34. The number of rotatable bonds is 2. The minimum absolute atomic E-state index is 0.0301. The van der Waals surface area contributed by atoms with Crippen molar-refractivity contribution in [1.82, 2.24) is 24.5 Å². The van der Waals surface area contributed by atoms with Crippen LogP contribution in [0.4, 0.5) is 0 Å². The Morgan fingerprint density at radius 3 is 3.22 bits per heavy atom. The van der Waals surface area contributed by atoms with Crippen LogP contribution in [-0.4, -0.2) is 31.0 Å². The number of aromatic amines is 1. The number of nitrogens with zero attached hydrogens (tertiary/aromatic N) is 4. The molecule has 0 bridgehead atoms. The Kier molecular flexibility index (Phi) is 3.46. The van der Waals surface area contributed by atoms with E-state index in [1.54, 1.807) is 16.7 Å². The van der Waals surface area contributed by atoms with Gasteiger partial charge < -0.3 is 0 Å². The molecule has 118 valence electrons. The van der Waals surface area contributed by atoms with Crippen LogP contribution in [-0.2, 0) is 19.5 Å². The molecular formula is C17H19N5O. The summed E-state index contributed by atoms with van der Waals surface area (Å²) in [4.78, 5) is 19.2. The zero-order valence-corrected chi connectivity index (χ0v) is 13.1. The van der Waals surface area contributed by atoms with Crippen molar-refractivity contribution >= 4 is 5.65 Å². The summed E-state index contributed by atoms with van der Waals surface area (Å²) in [5, 5.41) is 7.26. The zero-order valence-electron chi connectivity index (χ0n) is 13.1. The van der Waals surface area contributed by atoms with Crippen molar-refractivity contribution in [3.8, 4) is 0 Å². The molecule has 1 N–H and O–H groups in total. The molecule has 4 heterocycles. The van der Waals surface area contributed by atoms with Gasteiger partial charge in [-0.1, -0.05) is 13.0 Å². The summed E-state index contributed by atoms with van der Waals surface area (Å²) >= 11 is 0. The number of pyridine rings is 1. The second kappa shape index (κ2) is 5.62. The van der Waals surface area contributed by atoms with Crippen molar-refractivity contribution in [3.05, 3.63) is 64.0 Å². The van der Waals surface area contributed by atoms with Gasteiger partial charge in [0.05, 0.1) is 11.9 Å². The Morgan fingerprint density at radius 1 is 1.39 bits per heavy atom. The molecule has 1 aliphatic heterocycles. The van der Waals surface area contributed by atoms with Gasteiger partial charge in [0.1, 0.15) is 5.65 Å². The molecule has 1 aliphatic rings. The molecule has 3 aromatic rings. The van der Waals surface area contributed by atoms with E-state index in [1.165, 1.54) is 11.3 Å². The summed E-state index contributed by atoms with van der Waals surface area (Å²) in [6, 6.07) is 7.24. The van der Waals surface area contributed by atoms with Crippen LogP contribution >= 0.6 is 0 Å². The van der Waals surface area contributed by atoms with Gasteiger partial charge >= 0.3 is 0 Å². The van der Waals surface area contributed by atoms with Gasteiger partial charge in [0.15, 0.2) is 0 Å². The van der Waals surface area contributed by atoms with Crippen molar-refractivity contribution in [3.63, 3.8) is 0 Å². The topological polar surface area (TPSA) is 66.3 Å². The Hall–Kier alpha value is -2.47. The maximum Gasteiger partial charge on any atom is 0.258 e. The Morgan fingerprint density at radius 2 is 2.30 bits per heavy atom. The number of nitrogens with one attached hydrogen (secondary N) is 1. The highest BCUT2D eigenvalue weighted by atomic mass is 16.1. The molecule has 0 aliphatic carbocycles. The van der Waals surface area contributed by atoms with E-state index in [4.69, 9.17) is 0 Å². The smallest absolute Gasteiger partial charge is 0.258 e. The first-order valence-corrected chi connectivity index (χ1v) is 7.90. The van der Waals surface area contributed by atoms with Crippen molar-refractivity contribution in [2.24, 2.45) is 5.92 Å². The van der Waals surface area contributed by atoms with Crippen LogP contribution < -0.4 is 5.56 Å². The quantitative estimate of drug-likeness (QED) is 0.781. The summed E-state index contributed by atoms with van der Waals surface area (Å²) in [6.45, 7) is 4.74. The molecule has 6 nitrogen and oxygen atoms in total. The lowest BCUT2D eigenvalue weighted by Crippen LogP contribution is -2.28. The molecule has 4 rings (SSSR count). The Labute approximate surface area is 133 Å². The number of hydrogen-bond donors (Lipinski definition) is 1. The molecule has 1 atom stereocenters. The lowest BCUT2D eigenvalue weighted by Gasteiger charge is -2.22. The SMILES string of the molecule is CC1Cc2[nH]ncc2CN(Cc2cc(=O)n3ccccc3n2)C1. The fourth-order valence-corrected chi connectivity index (χ4v) is 3.34.